The second-order valence-electron chi connectivity index (χ2n) is 19.1. The summed E-state index contributed by atoms with van der Waals surface area (Å²) in [6, 6.07) is 99.9. The first kappa shape index (κ1) is 39.1. The summed E-state index contributed by atoms with van der Waals surface area (Å²) in [5.41, 5.74) is 23.6. The summed E-state index contributed by atoms with van der Waals surface area (Å²) in [5, 5.41) is 2.56. The molecule has 11 aromatic carbocycles. The molecule has 1 spiro atoms. The molecular weight excluding hydrogens is 845 g/mol. The lowest BCUT2D eigenvalue weighted by molar-refractivity contribution is 0.748. The van der Waals surface area contributed by atoms with E-state index in [4.69, 9.17) is 0 Å². The maximum atomic E-state index is 2.53. The van der Waals surface area contributed by atoms with E-state index in [-0.39, 0.29) is 0 Å². The number of aromatic nitrogens is 1. The van der Waals surface area contributed by atoms with E-state index in [1.807, 2.05) is 0 Å². The third-order valence-electron chi connectivity index (χ3n) is 15.8. The summed E-state index contributed by atoms with van der Waals surface area (Å²) in [6.07, 6.45) is 0. The molecule has 0 saturated heterocycles. The van der Waals surface area contributed by atoms with E-state index < -0.39 is 10.8 Å². The first-order valence-electron chi connectivity index (χ1n) is 24.4. The molecule has 0 saturated carbocycles. The molecule has 0 amide bonds. The van der Waals surface area contributed by atoms with Crippen LogP contribution in [-0.4, -0.2) is 4.57 Å². The van der Waals surface area contributed by atoms with E-state index in [9.17, 15) is 0 Å². The fourth-order valence-corrected chi connectivity index (χ4v) is 13.2. The lowest BCUT2D eigenvalue weighted by Gasteiger charge is -2.40. The molecule has 0 bridgehead atoms. The highest BCUT2D eigenvalue weighted by atomic mass is 15.1. The highest BCUT2D eigenvalue weighted by Gasteiger charge is 2.51. The number of hydrogen-bond donors (Lipinski definition) is 0. The zero-order valence-corrected chi connectivity index (χ0v) is 38.3. The largest absolute Gasteiger partial charge is 0.310 e. The van der Waals surface area contributed by atoms with Crippen molar-refractivity contribution in [1.29, 1.82) is 0 Å². The van der Waals surface area contributed by atoms with Gasteiger partial charge in [0, 0.05) is 27.8 Å². The molecule has 3 aliphatic rings. The van der Waals surface area contributed by atoms with Crippen LogP contribution in [0.4, 0.5) is 17.1 Å². The van der Waals surface area contributed by atoms with E-state index >= 15 is 0 Å². The van der Waals surface area contributed by atoms with Gasteiger partial charge in [0.1, 0.15) is 0 Å². The Morgan fingerprint density at radius 1 is 0.286 bits per heavy atom. The van der Waals surface area contributed by atoms with Gasteiger partial charge >= 0.3 is 0 Å². The summed E-state index contributed by atoms with van der Waals surface area (Å²) in [6.45, 7) is 0. The molecule has 15 rings (SSSR count). The molecule has 2 heteroatoms. The highest BCUT2D eigenvalue weighted by molar-refractivity contribution is 6.13. The van der Waals surface area contributed by atoms with Crippen LogP contribution in [0.25, 0.3) is 60.9 Å². The molecule has 2 heterocycles. The zero-order valence-electron chi connectivity index (χ0n) is 38.3. The van der Waals surface area contributed by atoms with Gasteiger partial charge in [-0.2, -0.15) is 0 Å². The molecule has 70 heavy (non-hydrogen) atoms. The quantitative estimate of drug-likeness (QED) is 0.161. The van der Waals surface area contributed by atoms with Gasteiger partial charge in [-0.05, 0) is 126 Å². The number of hydrogen-bond acceptors (Lipinski definition) is 1. The molecule has 1 atom stereocenters. The van der Waals surface area contributed by atoms with Crippen molar-refractivity contribution in [2.75, 3.05) is 4.90 Å². The number of rotatable bonds is 6. The van der Waals surface area contributed by atoms with Crippen LogP contribution in [0, 0.1) is 0 Å². The minimum absolute atomic E-state index is 0.547. The predicted molar refractivity (Wildman–Crippen MR) is 289 cm³/mol. The van der Waals surface area contributed by atoms with Gasteiger partial charge in [-0.15, -0.1) is 0 Å². The first-order chi connectivity index (χ1) is 34.7. The molecule has 0 fully saturated rings. The summed E-state index contributed by atoms with van der Waals surface area (Å²) in [5.74, 6) is 0. The van der Waals surface area contributed by atoms with Gasteiger partial charge in [-0.25, -0.2) is 0 Å². The Balaban J connectivity index is 1.03. The standard InChI is InChI=1S/C68H44N2/c1-4-20-45(21-5-1)46-22-18-27-49(42-46)69(50-38-40-54-52-28-10-13-32-58(52)67(62(54)43-50,47-23-6-2-7-24-47)48-25-8-3-9-26-48)51-39-41-55-53-29-11-14-33-59(53)68(63(55)44-51)60-34-15-17-37-65(60)70-64-36-16-12-30-56(64)57-31-19-35-61(68)66(57)70/h1-44H. The molecule has 0 N–H and O–H groups in total. The van der Waals surface area contributed by atoms with Gasteiger partial charge in [0.25, 0.3) is 0 Å². The lowest BCUT2D eigenvalue weighted by atomic mass is 9.65. The van der Waals surface area contributed by atoms with E-state index in [0.29, 0.717) is 0 Å². The normalized spacial score (nSPS) is 15.3. The molecule has 326 valence electrons. The van der Waals surface area contributed by atoms with Crippen LogP contribution in [0.5, 0.6) is 0 Å². The van der Waals surface area contributed by atoms with E-state index in [1.54, 1.807) is 0 Å². The maximum absolute atomic E-state index is 2.53. The number of para-hydroxylation sites is 3. The second-order valence-corrected chi connectivity index (χ2v) is 19.1. The van der Waals surface area contributed by atoms with E-state index in [2.05, 4.69) is 276 Å². The Kier molecular flexibility index (Phi) is 8.24. The summed E-state index contributed by atoms with van der Waals surface area (Å²) in [4.78, 5) is 2.51. The SMILES string of the molecule is c1ccc(-c2cccc(N(c3ccc4c(c3)C(c3ccccc3)(c3ccccc3)c3ccccc3-4)c3ccc4c(c3)C3(c5ccccc5-4)c4ccccc4-n4c5ccccc5c5cccc3c54)c2)cc1. The Labute approximate surface area is 407 Å². The van der Waals surface area contributed by atoms with Crippen molar-refractivity contribution in [3.63, 3.8) is 0 Å². The van der Waals surface area contributed by atoms with Crippen molar-refractivity contribution >= 4 is 38.9 Å². The van der Waals surface area contributed by atoms with Crippen molar-refractivity contribution in [3.8, 4) is 39.1 Å². The third kappa shape index (κ3) is 5.12. The fourth-order valence-electron chi connectivity index (χ4n) is 13.2. The fraction of sp³-hybridized carbons (Fsp3) is 0.0294. The molecule has 1 unspecified atom stereocenters. The summed E-state index contributed by atoms with van der Waals surface area (Å²) < 4.78 is 2.53. The van der Waals surface area contributed by atoms with Crippen LogP contribution >= 0.6 is 0 Å². The van der Waals surface area contributed by atoms with Crippen molar-refractivity contribution in [3.05, 3.63) is 311 Å². The van der Waals surface area contributed by atoms with Crippen LogP contribution < -0.4 is 4.90 Å². The van der Waals surface area contributed by atoms with Crippen molar-refractivity contribution in [1.82, 2.24) is 4.57 Å². The molecule has 2 nitrogen and oxygen atoms in total. The number of benzene rings is 11. The van der Waals surface area contributed by atoms with Gasteiger partial charge in [-0.1, -0.05) is 218 Å². The van der Waals surface area contributed by atoms with Crippen LogP contribution in [-0.2, 0) is 10.8 Å². The predicted octanol–water partition coefficient (Wildman–Crippen LogP) is 17.0. The van der Waals surface area contributed by atoms with Gasteiger partial charge in [-0.3, -0.25) is 0 Å². The van der Waals surface area contributed by atoms with Crippen LogP contribution in [0.2, 0.25) is 0 Å². The van der Waals surface area contributed by atoms with Crippen molar-refractivity contribution < 1.29 is 0 Å². The number of fused-ring (bicyclic) bond motifs is 15. The summed E-state index contributed by atoms with van der Waals surface area (Å²) in [7, 11) is 0. The Morgan fingerprint density at radius 2 is 0.757 bits per heavy atom. The molecule has 2 aliphatic carbocycles. The van der Waals surface area contributed by atoms with Crippen molar-refractivity contribution in [2.45, 2.75) is 10.8 Å². The Hall–Kier alpha value is -8.98. The number of anilines is 3. The molecule has 0 radical (unpaired) electrons. The monoisotopic (exact) mass is 888 g/mol. The van der Waals surface area contributed by atoms with Gasteiger partial charge in [0.2, 0.25) is 0 Å². The van der Waals surface area contributed by atoms with E-state index in [0.717, 1.165) is 17.1 Å². The van der Waals surface area contributed by atoms with Gasteiger partial charge < -0.3 is 9.47 Å². The molecule has 1 aliphatic heterocycles. The van der Waals surface area contributed by atoms with Crippen LogP contribution in [0.15, 0.2) is 267 Å². The van der Waals surface area contributed by atoms with E-state index in [1.165, 1.54) is 105 Å². The minimum Gasteiger partial charge on any atom is -0.310 e. The molecular formula is C68H44N2. The highest BCUT2D eigenvalue weighted by Crippen LogP contribution is 2.62. The van der Waals surface area contributed by atoms with Crippen LogP contribution in [0.1, 0.15) is 44.5 Å². The first-order valence-corrected chi connectivity index (χ1v) is 24.4. The summed E-state index contributed by atoms with van der Waals surface area (Å²) >= 11 is 0. The average molecular weight is 889 g/mol. The second kappa shape index (κ2) is 14.8. The Morgan fingerprint density at radius 3 is 1.44 bits per heavy atom. The minimum atomic E-state index is -0.588. The zero-order chi connectivity index (χ0) is 46.0. The van der Waals surface area contributed by atoms with Gasteiger partial charge in [0.15, 0.2) is 0 Å². The smallest absolute Gasteiger partial charge is 0.0755 e. The topological polar surface area (TPSA) is 8.17 Å². The lowest BCUT2D eigenvalue weighted by Crippen LogP contribution is -2.33. The maximum Gasteiger partial charge on any atom is 0.0755 e. The Bertz CT molecular complexity index is 4030. The van der Waals surface area contributed by atoms with Crippen LogP contribution in [0.3, 0.4) is 0 Å². The average Bonchev–Trinajstić information content (AvgIpc) is 4.04. The van der Waals surface area contributed by atoms with Crippen molar-refractivity contribution in [2.24, 2.45) is 0 Å². The molecule has 12 aromatic rings. The van der Waals surface area contributed by atoms with Gasteiger partial charge in [0.05, 0.1) is 27.6 Å². The molecule has 1 aromatic heterocycles. The third-order valence-corrected chi connectivity index (χ3v) is 15.8. The number of nitrogens with zero attached hydrogens (tertiary/aromatic N) is 2.